The third-order valence-corrected chi connectivity index (χ3v) is 3.29. The largest absolute Gasteiger partial charge is 0.356 e. The number of aryl methyl sites for hydroxylation is 3. The Balaban J connectivity index is 2.06. The molecule has 0 fully saturated rings. The van der Waals surface area contributed by atoms with Gasteiger partial charge in [-0.3, -0.25) is 0 Å². The van der Waals surface area contributed by atoms with Crippen LogP contribution in [0.1, 0.15) is 17.5 Å². The molecular weight excluding hydrogens is 210 g/mol. The summed E-state index contributed by atoms with van der Waals surface area (Å²) in [6, 6.07) is 6.52. The number of fused-ring (bicyclic) bond motifs is 1. The topological polar surface area (TPSA) is 29.9 Å². The van der Waals surface area contributed by atoms with Crippen LogP contribution in [0.4, 0.5) is 5.95 Å². The Morgan fingerprint density at radius 2 is 2.18 bits per heavy atom. The molecule has 0 saturated carbocycles. The smallest absolute Gasteiger partial charge is 0.203 e. The summed E-state index contributed by atoms with van der Waals surface area (Å²) in [4.78, 5) is 4.66. The number of nitrogens with zero attached hydrogens (tertiary/aromatic N) is 2. The lowest BCUT2D eigenvalue weighted by Gasteiger charge is -2.14. The number of nitrogens with one attached hydrogen (secondary N) is 1. The van der Waals surface area contributed by atoms with Gasteiger partial charge in [-0.2, -0.15) is 0 Å². The van der Waals surface area contributed by atoms with Crippen molar-refractivity contribution in [2.24, 2.45) is 0 Å². The molecular formula is C14H17N3. The third kappa shape index (κ3) is 1.82. The molecule has 0 radical (unpaired) electrons. The zero-order valence-corrected chi connectivity index (χ0v) is 10.3. The lowest BCUT2D eigenvalue weighted by Crippen LogP contribution is -2.16. The molecule has 0 saturated heterocycles. The molecule has 0 amide bonds. The number of rotatable bonds is 1. The Morgan fingerprint density at radius 1 is 1.29 bits per heavy atom. The Hall–Kier alpha value is -1.77. The van der Waals surface area contributed by atoms with E-state index in [0.29, 0.717) is 0 Å². The molecule has 3 nitrogen and oxygen atoms in total. The van der Waals surface area contributed by atoms with Gasteiger partial charge >= 0.3 is 0 Å². The summed E-state index contributed by atoms with van der Waals surface area (Å²) in [6.45, 7) is 6.37. The second-order valence-electron chi connectivity index (χ2n) is 4.74. The molecule has 1 aromatic heterocycles. The van der Waals surface area contributed by atoms with Crippen molar-refractivity contribution in [1.29, 1.82) is 0 Å². The summed E-state index contributed by atoms with van der Waals surface area (Å²) in [5.41, 5.74) is 4.90. The van der Waals surface area contributed by atoms with Crippen molar-refractivity contribution in [3.63, 3.8) is 0 Å². The standard InChI is InChI=1S/C14H17N3/c1-10-4-5-12(11(2)8-10)13-9-17-7-3-6-15-14(17)16-13/h4-5,8-9H,3,6-7H2,1-2H3,(H,15,16). The lowest BCUT2D eigenvalue weighted by atomic mass is 10.0. The molecule has 1 aliphatic rings. The van der Waals surface area contributed by atoms with Gasteiger partial charge in [-0.25, -0.2) is 4.98 Å². The maximum absolute atomic E-state index is 4.66. The quantitative estimate of drug-likeness (QED) is 0.811. The molecule has 2 heterocycles. The van der Waals surface area contributed by atoms with Gasteiger partial charge in [-0.05, 0) is 25.8 Å². The number of anilines is 1. The predicted molar refractivity (Wildman–Crippen MR) is 70.2 cm³/mol. The highest BCUT2D eigenvalue weighted by Gasteiger charge is 2.13. The van der Waals surface area contributed by atoms with Crippen molar-refractivity contribution < 1.29 is 0 Å². The van der Waals surface area contributed by atoms with E-state index in [0.717, 1.165) is 24.7 Å². The Kier molecular flexibility index (Phi) is 2.39. The van der Waals surface area contributed by atoms with Crippen molar-refractivity contribution >= 4 is 5.95 Å². The minimum Gasteiger partial charge on any atom is -0.356 e. The van der Waals surface area contributed by atoms with E-state index in [-0.39, 0.29) is 0 Å². The molecule has 0 bridgehead atoms. The first-order valence-corrected chi connectivity index (χ1v) is 6.13. The third-order valence-electron chi connectivity index (χ3n) is 3.29. The molecule has 1 N–H and O–H groups in total. The Bertz CT molecular complexity index is 531. The van der Waals surface area contributed by atoms with Crippen LogP contribution in [0, 0.1) is 13.8 Å². The summed E-state index contributed by atoms with van der Waals surface area (Å²) in [5, 5.41) is 3.34. The van der Waals surface area contributed by atoms with Crippen molar-refractivity contribution in [1.82, 2.24) is 9.55 Å². The highest BCUT2D eigenvalue weighted by molar-refractivity contribution is 5.65. The maximum atomic E-state index is 4.66. The average molecular weight is 227 g/mol. The first-order chi connectivity index (χ1) is 8.24. The lowest BCUT2D eigenvalue weighted by molar-refractivity contribution is 0.627. The van der Waals surface area contributed by atoms with Gasteiger partial charge in [0.25, 0.3) is 0 Å². The van der Waals surface area contributed by atoms with Gasteiger partial charge in [0.05, 0.1) is 5.69 Å². The molecule has 0 atom stereocenters. The average Bonchev–Trinajstić information content (AvgIpc) is 2.72. The highest BCUT2D eigenvalue weighted by atomic mass is 15.2. The summed E-state index contributed by atoms with van der Waals surface area (Å²) in [5.74, 6) is 1.01. The van der Waals surface area contributed by atoms with Crippen LogP contribution in [-0.2, 0) is 6.54 Å². The molecule has 17 heavy (non-hydrogen) atoms. The van der Waals surface area contributed by atoms with E-state index in [4.69, 9.17) is 0 Å². The van der Waals surface area contributed by atoms with E-state index in [9.17, 15) is 0 Å². The van der Waals surface area contributed by atoms with Crippen LogP contribution in [-0.4, -0.2) is 16.1 Å². The summed E-state index contributed by atoms with van der Waals surface area (Å²) in [6.07, 6.45) is 3.33. The Morgan fingerprint density at radius 3 is 2.94 bits per heavy atom. The highest BCUT2D eigenvalue weighted by Crippen LogP contribution is 2.26. The molecule has 3 rings (SSSR count). The van der Waals surface area contributed by atoms with E-state index in [1.54, 1.807) is 0 Å². The molecule has 0 unspecified atom stereocenters. The van der Waals surface area contributed by atoms with Crippen LogP contribution in [0.2, 0.25) is 0 Å². The number of hydrogen-bond donors (Lipinski definition) is 1. The SMILES string of the molecule is Cc1ccc(-c2cn3c(n2)NCCC3)c(C)c1. The Labute approximate surface area is 101 Å². The monoisotopic (exact) mass is 227 g/mol. The first-order valence-electron chi connectivity index (χ1n) is 6.13. The van der Waals surface area contributed by atoms with Gasteiger partial charge in [0.15, 0.2) is 0 Å². The van der Waals surface area contributed by atoms with Gasteiger partial charge < -0.3 is 9.88 Å². The van der Waals surface area contributed by atoms with Crippen LogP contribution in [0.25, 0.3) is 11.3 Å². The van der Waals surface area contributed by atoms with Crippen LogP contribution in [0.5, 0.6) is 0 Å². The van der Waals surface area contributed by atoms with Gasteiger partial charge in [0.1, 0.15) is 0 Å². The molecule has 3 heteroatoms. The fourth-order valence-electron chi connectivity index (χ4n) is 2.41. The normalized spacial score (nSPS) is 14.2. The summed E-state index contributed by atoms with van der Waals surface area (Å²) < 4.78 is 2.21. The fraction of sp³-hybridized carbons (Fsp3) is 0.357. The summed E-state index contributed by atoms with van der Waals surface area (Å²) >= 11 is 0. The predicted octanol–water partition coefficient (Wildman–Crippen LogP) is 2.98. The van der Waals surface area contributed by atoms with Crippen LogP contribution >= 0.6 is 0 Å². The molecule has 88 valence electrons. The number of hydrogen-bond acceptors (Lipinski definition) is 2. The van der Waals surface area contributed by atoms with Crippen molar-refractivity contribution in [3.8, 4) is 11.3 Å². The second kappa shape index (κ2) is 3.91. The van der Waals surface area contributed by atoms with E-state index in [2.05, 4.69) is 53.1 Å². The van der Waals surface area contributed by atoms with Gasteiger partial charge in [-0.15, -0.1) is 0 Å². The van der Waals surface area contributed by atoms with E-state index in [1.165, 1.54) is 23.1 Å². The second-order valence-corrected chi connectivity index (χ2v) is 4.74. The molecule has 1 aliphatic heterocycles. The number of benzene rings is 1. The summed E-state index contributed by atoms with van der Waals surface area (Å²) in [7, 11) is 0. The molecule has 2 aromatic rings. The minimum atomic E-state index is 1.01. The van der Waals surface area contributed by atoms with Crippen LogP contribution < -0.4 is 5.32 Å². The van der Waals surface area contributed by atoms with Gasteiger partial charge in [-0.1, -0.05) is 23.8 Å². The van der Waals surface area contributed by atoms with Gasteiger partial charge in [0, 0.05) is 24.8 Å². The van der Waals surface area contributed by atoms with Gasteiger partial charge in [0.2, 0.25) is 5.95 Å². The van der Waals surface area contributed by atoms with Crippen LogP contribution in [0.3, 0.4) is 0 Å². The van der Waals surface area contributed by atoms with E-state index < -0.39 is 0 Å². The zero-order valence-electron chi connectivity index (χ0n) is 10.3. The maximum Gasteiger partial charge on any atom is 0.203 e. The minimum absolute atomic E-state index is 1.01. The number of imidazole rings is 1. The zero-order chi connectivity index (χ0) is 11.8. The van der Waals surface area contributed by atoms with Crippen molar-refractivity contribution in [3.05, 3.63) is 35.5 Å². The van der Waals surface area contributed by atoms with Crippen molar-refractivity contribution in [2.45, 2.75) is 26.8 Å². The van der Waals surface area contributed by atoms with E-state index >= 15 is 0 Å². The first kappa shape index (κ1) is 10.4. The number of aromatic nitrogens is 2. The molecule has 0 spiro atoms. The molecule has 1 aromatic carbocycles. The van der Waals surface area contributed by atoms with E-state index in [1.807, 2.05) is 0 Å². The fourth-order valence-corrected chi connectivity index (χ4v) is 2.41. The molecule has 0 aliphatic carbocycles. The van der Waals surface area contributed by atoms with Crippen molar-refractivity contribution in [2.75, 3.05) is 11.9 Å². The van der Waals surface area contributed by atoms with Crippen LogP contribution in [0.15, 0.2) is 24.4 Å².